The Bertz CT molecular complexity index is 898. The number of carbonyl (C=O) groups excluding carboxylic acids is 1. The van der Waals surface area contributed by atoms with Crippen molar-refractivity contribution in [2.24, 2.45) is 5.73 Å². The van der Waals surface area contributed by atoms with Crippen molar-refractivity contribution in [3.63, 3.8) is 0 Å². The van der Waals surface area contributed by atoms with Gasteiger partial charge < -0.3 is 11.1 Å². The first-order valence-electron chi connectivity index (χ1n) is 6.06. The smallest absolute Gasteiger partial charge is 0.253 e. The van der Waals surface area contributed by atoms with E-state index in [1.807, 2.05) is 0 Å². The summed E-state index contributed by atoms with van der Waals surface area (Å²) in [6.45, 7) is 0. The van der Waals surface area contributed by atoms with E-state index in [0.29, 0.717) is 16.9 Å². The fourth-order valence-electron chi connectivity index (χ4n) is 2.08. The van der Waals surface area contributed by atoms with E-state index >= 15 is 0 Å². The number of amides is 1. The number of fused-ring (bicyclic) bond motifs is 1. The topological polar surface area (TPSA) is 85.8 Å². The Balaban J connectivity index is 2.15. The number of aromatic nitrogens is 3. The molecule has 0 unspecified atom stereocenters. The normalized spacial score (nSPS) is 10.9. The molecule has 0 aliphatic rings. The lowest BCUT2D eigenvalue weighted by Crippen LogP contribution is -2.15. The SMILES string of the molecule is NC(=O)c1c(F)cccc1Nc1nc(Cl)nc2c1ccn2S. The summed E-state index contributed by atoms with van der Waals surface area (Å²) in [7, 11) is 0. The third-order valence-electron chi connectivity index (χ3n) is 3.01. The molecule has 3 rings (SSSR count). The molecule has 0 spiro atoms. The standard InChI is InChI=1S/C13H9ClFN5OS/c14-13-18-11(6-4-5-20(22)12(6)19-13)17-8-3-1-2-7(15)9(8)10(16)21/h1-5,22H,(H2,16,21)(H,17,18,19). The summed E-state index contributed by atoms with van der Waals surface area (Å²) >= 11 is 10.1. The van der Waals surface area contributed by atoms with Gasteiger partial charge >= 0.3 is 0 Å². The van der Waals surface area contributed by atoms with Crippen LogP contribution in [0.25, 0.3) is 11.0 Å². The van der Waals surface area contributed by atoms with Crippen LogP contribution in [0.2, 0.25) is 5.28 Å². The van der Waals surface area contributed by atoms with E-state index in [0.717, 1.165) is 6.07 Å². The van der Waals surface area contributed by atoms with Crippen LogP contribution in [0.3, 0.4) is 0 Å². The number of hydrogen-bond donors (Lipinski definition) is 3. The molecule has 2 heterocycles. The predicted molar refractivity (Wildman–Crippen MR) is 85.1 cm³/mol. The fourth-order valence-corrected chi connectivity index (χ4v) is 2.46. The van der Waals surface area contributed by atoms with Crippen LogP contribution < -0.4 is 11.1 Å². The number of rotatable bonds is 3. The van der Waals surface area contributed by atoms with Gasteiger partial charge in [0.2, 0.25) is 5.28 Å². The zero-order chi connectivity index (χ0) is 15.9. The van der Waals surface area contributed by atoms with E-state index in [9.17, 15) is 9.18 Å². The van der Waals surface area contributed by atoms with Crippen molar-refractivity contribution in [2.45, 2.75) is 0 Å². The van der Waals surface area contributed by atoms with Gasteiger partial charge in [-0.3, -0.25) is 8.77 Å². The second kappa shape index (κ2) is 5.47. The second-order valence-corrected chi connectivity index (χ2v) is 5.16. The van der Waals surface area contributed by atoms with Gasteiger partial charge in [-0.1, -0.05) is 18.9 Å². The van der Waals surface area contributed by atoms with Gasteiger partial charge in [0.15, 0.2) is 5.65 Å². The van der Waals surface area contributed by atoms with E-state index in [1.54, 1.807) is 12.3 Å². The molecular weight excluding hydrogens is 329 g/mol. The Morgan fingerprint density at radius 1 is 1.36 bits per heavy atom. The van der Waals surface area contributed by atoms with E-state index in [2.05, 4.69) is 28.1 Å². The number of halogens is 2. The molecule has 3 aromatic rings. The highest BCUT2D eigenvalue weighted by atomic mass is 35.5. The average molecular weight is 338 g/mol. The van der Waals surface area contributed by atoms with Gasteiger partial charge in [0.25, 0.3) is 5.91 Å². The van der Waals surface area contributed by atoms with Gasteiger partial charge in [0, 0.05) is 6.20 Å². The van der Waals surface area contributed by atoms with E-state index in [1.165, 1.54) is 16.1 Å². The van der Waals surface area contributed by atoms with Gasteiger partial charge in [-0.2, -0.15) is 9.97 Å². The molecule has 1 amide bonds. The zero-order valence-electron chi connectivity index (χ0n) is 10.9. The Labute approximate surface area is 134 Å². The first-order chi connectivity index (χ1) is 10.5. The van der Waals surface area contributed by atoms with E-state index in [-0.39, 0.29) is 16.5 Å². The van der Waals surface area contributed by atoms with Crippen LogP contribution in [0.4, 0.5) is 15.9 Å². The summed E-state index contributed by atoms with van der Waals surface area (Å²) in [6, 6.07) is 5.83. The maximum Gasteiger partial charge on any atom is 0.253 e. The molecule has 0 aliphatic carbocycles. The number of thiol groups is 1. The third kappa shape index (κ3) is 2.46. The first-order valence-corrected chi connectivity index (χ1v) is 6.84. The first kappa shape index (κ1) is 14.6. The van der Waals surface area contributed by atoms with E-state index < -0.39 is 11.7 Å². The van der Waals surface area contributed by atoms with Gasteiger partial charge in [-0.25, -0.2) is 4.39 Å². The Morgan fingerprint density at radius 3 is 2.86 bits per heavy atom. The largest absolute Gasteiger partial charge is 0.365 e. The quantitative estimate of drug-likeness (QED) is 0.506. The van der Waals surface area contributed by atoms with Crippen molar-refractivity contribution < 1.29 is 9.18 Å². The molecule has 0 saturated heterocycles. The molecule has 0 aliphatic heterocycles. The molecule has 112 valence electrons. The Kier molecular flexibility index (Phi) is 3.63. The lowest BCUT2D eigenvalue weighted by molar-refractivity contribution is 0.0997. The minimum atomic E-state index is -0.885. The molecule has 22 heavy (non-hydrogen) atoms. The van der Waals surface area contributed by atoms with Crippen LogP contribution >= 0.6 is 24.4 Å². The number of anilines is 2. The monoisotopic (exact) mass is 337 g/mol. The number of nitrogens with one attached hydrogen (secondary N) is 1. The number of benzene rings is 1. The van der Waals surface area contributed by atoms with Crippen molar-refractivity contribution in [3.8, 4) is 0 Å². The van der Waals surface area contributed by atoms with Crippen LogP contribution in [0.15, 0.2) is 30.5 Å². The minimum Gasteiger partial charge on any atom is -0.365 e. The average Bonchev–Trinajstić information content (AvgIpc) is 2.80. The van der Waals surface area contributed by atoms with Crippen LogP contribution in [0.5, 0.6) is 0 Å². The van der Waals surface area contributed by atoms with Crippen molar-refractivity contribution in [1.29, 1.82) is 0 Å². The highest BCUT2D eigenvalue weighted by Crippen LogP contribution is 2.28. The summed E-state index contributed by atoms with van der Waals surface area (Å²) in [5, 5.41) is 3.47. The maximum atomic E-state index is 13.8. The summed E-state index contributed by atoms with van der Waals surface area (Å²) in [5.41, 5.74) is 5.63. The van der Waals surface area contributed by atoms with Crippen molar-refractivity contribution in [2.75, 3.05) is 5.32 Å². The zero-order valence-corrected chi connectivity index (χ0v) is 12.6. The lowest BCUT2D eigenvalue weighted by atomic mass is 10.1. The molecule has 0 atom stereocenters. The van der Waals surface area contributed by atoms with Gasteiger partial charge in [-0.15, -0.1) is 0 Å². The molecular formula is C13H9ClFN5OS. The van der Waals surface area contributed by atoms with Crippen LogP contribution in [-0.2, 0) is 0 Å². The van der Waals surface area contributed by atoms with Crippen LogP contribution in [0, 0.1) is 5.82 Å². The Morgan fingerprint density at radius 2 is 2.14 bits per heavy atom. The van der Waals surface area contributed by atoms with Crippen molar-refractivity contribution in [3.05, 3.63) is 47.1 Å². The van der Waals surface area contributed by atoms with Gasteiger partial charge in [0.05, 0.1) is 16.6 Å². The van der Waals surface area contributed by atoms with Gasteiger partial charge in [-0.05, 0) is 29.8 Å². The minimum absolute atomic E-state index is 0.0129. The number of primary amides is 1. The summed E-state index contributed by atoms with van der Waals surface area (Å²) < 4.78 is 15.3. The molecule has 6 nitrogen and oxygen atoms in total. The molecule has 3 N–H and O–H groups in total. The molecule has 0 radical (unpaired) electrons. The molecule has 9 heteroatoms. The number of nitrogens with zero attached hydrogens (tertiary/aromatic N) is 3. The molecule has 2 aromatic heterocycles. The fraction of sp³-hybridized carbons (Fsp3) is 0. The molecule has 0 fully saturated rings. The van der Waals surface area contributed by atoms with Crippen molar-refractivity contribution in [1.82, 2.24) is 13.9 Å². The third-order valence-corrected chi connectivity index (χ3v) is 3.50. The summed E-state index contributed by atoms with van der Waals surface area (Å²) in [6.07, 6.45) is 1.66. The highest BCUT2D eigenvalue weighted by molar-refractivity contribution is 7.78. The summed E-state index contributed by atoms with van der Waals surface area (Å²) in [5.74, 6) is -1.29. The Hall–Kier alpha value is -2.32. The van der Waals surface area contributed by atoms with Gasteiger partial charge in [0.1, 0.15) is 11.6 Å². The van der Waals surface area contributed by atoms with Crippen LogP contribution in [0.1, 0.15) is 10.4 Å². The summed E-state index contributed by atoms with van der Waals surface area (Å²) in [4.78, 5) is 19.5. The number of carbonyl (C=O) groups is 1. The molecule has 0 saturated carbocycles. The number of hydrogen-bond acceptors (Lipinski definition) is 5. The lowest BCUT2D eigenvalue weighted by Gasteiger charge is -2.11. The maximum absolute atomic E-state index is 13.8. The predicted octanol–water partition coefficient (Wildman–Crippen LogP) is 2.76. The molecule has 0 bridgehead atoms. The molecule has 1 aromatic carbocycles. The highest BCUT2D eigenvalue weighted by Gasteiger charge is 2.16. The second-order valence-electron chi connectivity index (χ2n) is 4.39. The number of nitrogens with two attached hydrogens (primary N) is 1. The van der Waals surface area contributed by atoms with Crippen LogP contribution in [-0.4, -0.2) is 19.8 Å². The van der Waals surface area contributed by atoms with E-state index in [4.69, 9.17) is 17.3 Å². The van der Waals surface area contributed by atoms with Crippen molar-refractivity contribution >= 4 is 52.9 Å².